The van der Waals surface area contributed by atoms with E-state index >= 15 is 0 Å². The molecule has 170 valence electrons. The second kappa shape index (κ2) is 8.44. The van der Waals surface area contributed by atoms with Crippen LogP contribution in [0.25, 0.3) is 43.8 Å². The molecule has 0 saturated carbocycles. The number of rotatable bonds is 4. The van der Waals surface area contributed by atoms with Crippen LogP contribution < -0.4 is 4.90 Å². The lowest BCUT2D eigenvalue weighted by atomic mass is 9.94. The summed E-state index contributed by atoms with van der Waals surface area (Å²) in [4.78, 5) is 2.35. The minimum atomic E-state index is 0.907. The van der Waals surface area contributed by atoms with Gasteiger partial charge in [0.2, 0.25) is 0 Å². The summed E-state index contributed by atoms with van der Waals surface area (Å²) in [6, 6.07) is 49.1. The van der Waals surface area contributed by atoms with Gasteiger partial charge in [0, 0.05) is 27.7 Å². The SMILES string of the molecule is c1ccc(N(c2ccccc2)c2ccc3ccccc3c2-c2ccc3oc4ccccc4c3c2)cc1. The van der Waals surface area contributed by atoms with Gasteiger partial charge in [0.25, 0.3) is 0 Å². The predicted octanol–water partition coefficient (Wildman–Crippen LogP) is 9.88. The number of hydrogen-bond donors (Lipinski definition) is 0. The maximum atomic E-state index is 6.14. The Hall–Kier alpha value is -4.82. The zero-order valence-corrected chi connectivity index (χ0v) is 19.6. The number of hydrogen-bond acceptors (Lipinski definition) is 2. The van der Waals surface area contributed by atoms with Crippen LogP contribution in [0.3, 0.4) is 0 Å². The highest BCUT2D eigenvalue weighted by molar-refractivity contribution is 6.10. The Morgan fingerprint density at radius 2 is 1.06 bits per heavy atom. The van der Waals surface area contributed by atoms with Crippen molar-refractivity contribution in [2.24, 2.45) is 0 Å². The monoisotopic (exact) mass is 461 g/mol. The van der Waals surface area contributed by atoms with Crippen molar-refractivity contribution in [3.05, 3.63) is 140 Å². The van der Waals surface area contributed by atoms with E-state index < -0.39 is 0 Å². The third kappa shape index (κ3) is 3.35. The first kappa shape index (κ1) is 20.5. The molecule has 0 unspecified atom stereocenters. The van der Waals surface area contributed by atoms with Gasteiger partial charge < -0.3 is 9.32 Å². The molecular weight excluding hydrogens is 438 g/mol. The molecule has 7 aromatic rings. The van der Waals surface area contributed by atoms with E-state index in [0.717, 1.165) is 44.6 Å². The molecule has 6 aromatic carbocycles. The fraction of sp³-hybridized carbons (Fsp3) is 0. The molecular formula is C34H23NO. The van der Waals surface area contributed by atoms with Crippen molar-refractivity contribution in [3.63, 3.8) is 0 Å². The molecule has 0 spiro atoms. The van der Waals surface area contributed by atoms with E-state index in [-0.39, 0.29) is 0 Å². The van der Waals surface area contributed by atoms with E-state index in [2.05, 4.69) is 132 Å². The van der Waals surface area contributed by atoms with E-state index in [4.69, 9.17) is 4.42 Å². The van der Waals surface area contributed by atoms with Crippen LogP contribution in [0.15, 0.2) is 144 Å². The van der Waals surface area contributed by atoms with Crippen molar-refractivity contribution >= 4 is 49.8 Å². The molecule has 2 heteroatoms. The molecule has 1 heterocycles. The zero-order valence-electron chi connectivity index (χ0n) is 19.6. The molecule has 0 saturated heterocycles. The topological polar surface area (TPSA) is 16.4 Å². The van der Waals surface area contributed by atoms with Gasteiger partial charge in [0.1, 0.15) is 11.2 Å². The number of nitrogens with zero attached hydrogens (tertiary/aromatic N) is 1. The first-order chi connectivity index (χ1) is 17.9. The van der Waals surface area contributed by atoms with Crippen molar-refractivity contribution < 1.29 is 4.42 Å². The Balaban J connectivity index is 1.56. The van der Waals surface area contributed by atoms with Gasteiger partial charge in [0.05, 0.1) is 5.69 Å². The lowest BCUT2D eigenvalue weighted by Crippen LogP contribution is -2.11. The van der Waals surface area contributed by atoms with Gasteiger partial charge in [-0.1, -0.05) is 91.0 Å². The summed E-state index contributed by atoms with van der Waals surface area (Å²) in [5, 5.41) is 4.71. The summed E-state index contributed by atoms with van der Waals surface area (Å²) in [5.41, 5.74) is 7.57. The molecule has 2 nitrogen and oxygen atoms in total. The number of anilines is 3. The quantitative estimate of drug-likeness (QED) is 0.259. The fourth-order valence-corrected chi connectivity index (χ4v) is 5.21. The molecule has 36 heavy (non-hydrogen) atoms. The van der Waals surface area contributed by atoms with Crippen LogP contribution in [0.4, 0.5) is 17.1 Å². The molecule has 0 aliphatic carbocycles. The smallest absolute Gasteiger partial charge is 0.135 e. The first-order valence-electron chi connectivity index (χ1n) is 12.2. The summed E-state index contributed by atoms with van der Waals surface area (Å²) in [6.45, 7) is 0. The van der Waals surface area contributed by atoms with Gasteiger partial charge >= 0.3 is 0 Å². The van der Waals surface area contributed by atoms with Crippen LogP contribution in [0.1, 0.15) is 0 Å². The Morgan fingerprint density at radius 1 is 0.444 bits per heavy atom. The average Bonchev–Trinajstić information content (AvgIpc) is 3.32. The van der Waals surface area contributed by atoms with E-state index in [1.807, 2.05) is 12.1 Å². The predicted molar refractivity (Wildman–Crippen MR) is 151 cm³/mol. The van der Waals surface area contributed by atoms with Crippen molar-refractivity contribution in [3.8, 4) is 11.1 Å². The van der Waals surface area contributed by atoms with Gasteiger partial charge in [-0.05, 0) is 64.9 Å². The van der Waals surface area contributed by atoms with Gasteiger partial charge in [-0.2, -0.15) is 0 Å². The van der Waals surface area contributed by atoms with Crippen molar-refractivity contribution in [1.82, 2.24) is 0 Å². The second-order valence-corrected chi connectivity index (χ2v) is 9.00. The minimum absolute atomic E-state index is 0.907. The molecule has 0 bridgehead atoms. The van der Waals surface area contributed by atoms with Crippen LogP contribution in [-0.2, 0) is 0 Å². The van der Waals surface area contributed by atoms with Gasteiger partial charge in [-0.3, -0.25) is 0 Å². The molecule has 0 fully saturated rings. The van der Waals surface area contributed by atoms with E-state index in [1.165, 1.54) is 16.3 Å². The Labute approximate surface area is 209 Å². The summed E-state index contributed by atoms with van der Waals surface area (Å²) >= 11 is 0. The highest BCUT2D eigenvalue weighted by atomic mass is 16.3. The number of benzene rings is 6. The van der Waals surface area contributed by atoms with Gasteiger partial charge in [-0.25, -0.2) is 0 Å². The summed E-state index contributed by atoms with van der Waals surface area (Å²) in [6.07, 6.45) is 0. The van der Waals surface area contributed by atoms with Crippen LogP contribution in [0.2, 0.25) is 0 Å². The van der Waals surface area contributed by atoms with Crippen LogP contribution in [-0.4, -0.2) is 0 Å². The zero-order chi connectivity index (χ0) is 23.9. The van der Waals surface area contributed by atoms with Crippen LogP contribution in [0.5, 0.6) is 0 Å². The van der Waals surface area contributed by atoms with Gasteiger partial charge in [-0.15, -0.1) is 0 Å². The maximum Gasteiger partial charge on any atom is 0.135 e. The first-order valence-corrected chi connectivity index (χ1v) is 12.2. The van der Waals surface area contributed by atoms with Crippen molar-refractivity contribution in [1.29, 1.82) is 0 Å². The second-order valence-electron chi connectivity index (χ2n) is 9.00. The Morgan fingerprint density at radius 3 is 1.81 bits per heavy atom. The number of para-hydroxylation sites is 3. The molecule has 0 atom stereocenters. The van der Waals surface area contributed by atoms with Crippen molar-refractivity contribution in [2.45, 2.75) is 0 Å². The third-order valence-corrected chi connectivity index (χ3v) is 6.84. The molecule has 0 N–H and O–H groups in total. The van der Waals surface area contributed by atoms with Crippen molar-refractivity contribution in [2.75, 3.05) is 4.90 Å². The van der Waals surface area contributed by atoms with Crippen LogP contribution in [0, 0.1) is 0 Å². The normalized spacial score (nSPS) is 11.3. The Kier molecular flexibility index (Phi) is 4.82. The molecule has 0 aliphatic rings. The third-order valence-electron chi connectivity index (χ3n) is 6.84. The molecule has 1 aromatic heterocycles. The summed E-state index contributed by atoms with van der Waals surface area (Å²) < 4.78 is 6.14. The number of fused-ring (bicyclic) bond motifs is 4. The van der Waals surface area contributed by atoms with Gasteiger partial charge in [0.15, 0.2) is 0 Å². The highest BCUT2D eigenvalue weighted by Crippen LogP contribution is 2.45. The summed E-state index contributed by atoms with van der Waals surface area (Å²) in [7, 11) is 0. The van der Waals surface area contributed by atoms with E-state index in [9.17, 15) is 0 Å². The minimum Gasteiger partial charge on any atom is -0.456 e. The van der Waals surface area contributed by atoms with E-state index in [1.54, 1.807) is 0 Å². The maximum absolute atomic E-state index is 6.14. The standard InChI is InChI=1S/C34H23NO/c1-3-12-26(13-4-1)35(27-14-5-2-6-15-27)31-21-19-24-11-7-8-16-28(24)34(31)25-20-22-33-30(23-25)29-17-9-10-18-32(29)36-33/h1-23H. The lowest BCUT2D eigenvalue weighted by molar-refractivity contribution is 0.669. The molecule has 0 amide bonds. The van der Waals surface area contributed by atoms with E-state index in [0.29, 0.717) is 0 Å². The highest BCUT2D eigenvalue weighted by Gasteiger charge is 2.20. The Bertz CT molecular complexity index is 1790. The molecule has 7 rings (SSSR count). The number of furan rings is 1. The fourth-order valence-electron chi connectivity index (χ4n) is 5.21. The average molecular weight is 462 g/mol. The lowest BCUT2D eigenvalue weighted by Gasteiger charge is -2.28. The molecule has 0 radical (unpaired) electrons. The summed E-state index contributed by atoms with van der Waals surface area (Å²) in [5.74, 6) is 0. The van der Waals surface area contributed by atoms with Crippen LogP contribution >= 0.6 is 0 Å². The molecule has 0 aliphatic heterocycles. The largest absolute Gasteiger partial charge is 0.456 e.